The van der Waals surface area contributed by atoms with Gasteiger partial charge in [0, 0.05) is 18.0 Å². The predicted octanol–water partition coefficient (Wildman–Crippen LogP) is 2.32. The molecule has 4 heteroatoms. The highest BCUT2D eigenvalue weighted by atomic mass is 32.2. The van der Waals surface area contributed by atoms with Crippen molar-refractivity contribution in [1.29, 1.82) is 0 Å². The Morgan fingerprint density at radius 2 is 2.18 bits per heavy atom. The van der Waals surface area contributed by atoms with Crippen LogP contribution in [0.3, 0.4) is 0 Å². The number of benzene rings is 1. The number of nitrogens with one attached hydrogen (secondary N) is 1. The van der Waals surface area contributed by atoms with Crippen molar-refractivity contribution in [2.45, 2.75) is 26.0 Å². The van der Waals surface area contributed by atoms with E-state index >= 15 is 0 Å². The van der Waals surface area contributed by atoms with Crippen molar-refractivity contribution in [3.05, 3.63) is 29.3 Å². The second kappa shape index (κ2) is 6.67. The van der Waals surface area contributed by atoms with Gasteiger partial charge in [-0.1, -0.05) is 12.1 Å². The van der Waals surface area contributed by atoms with Crippen molar-refractivity contribution in [2.75, 3.05) is 17.6 Å². The molecule has 0 bridgehead atoms. The molecule has 1 unspecified atom stereocenters. The lowest BCUT2D eigenvalue weighted by atomic mass is 10.1. The molecule has 1 aromatic rings. The number of carbonyl (C=O) groups excluding carboxylic acids is 1. The fraction of sp³-hybridized carbons (Fsp3) is 0.462. The van der Waals surface area contributed by atoms with Crippen molar-refractivity contribution in [2.24, 2.45) is 5.73 Å². The van der Waals surface area contributed by atoms with Crippen LogP contribution in [0.5, 0.6) is 0 Å². The maximum absolute atomic E-state index is 11.9. The van der Waals surface area contributed by atoms with E-state index in [1.54, 1.807) is 11.8 Å². The Labute approximate surface area is 107 Å². The standard InChI is InChI=1S/C13H20N2OS/c1-9-4-5-10(2)12(8-9)15-13(16)11(3)17-7-6-14/h4-5,8,11H,6-7,14H2,1-3H3,(H,15,16). The molecule has 0 aromatic heterocycles. The molecule has 3 N–H and O–H groups in total. The highest BCUT2D eigenvalue weighted by Crippen LogP contribution is 2.18. The van der Waals surface area contributed by atoms with E-state index < -0.39 is 0 Å². The smallest absolute Gasteiger partial charge is 0.237 e. The van der Waals surface area contributed by atoms with Crippen LogP contribution in [0.2, 0.25) is 0 Å². The number of amides is 1. The molecule has 0 aliphatic heterocycles. The number of anilines is 1. The molecule has 0 spiro atoms. The van der Waals surface area contributed by atoms with Gasteiger partial charge < -0.3 is 11.1 Å². The maximum atomic E-state index is 11.9. The van der Waals surface area contributed by atoms with Crippen LogP contribution in [0, 0.1) is 13.8 Å². The minimum absolute atomic E-state index is 0.0390. The zero-order valence-electron chi connectivity index (χ0n) is 10.6. The fourth-order valence-corrected chi connectivity index (χ4v) is 2.13. The van der Waals surface area contributed by atoms with E-state index in [1.165, 1.54) is 0 Å². The quantitative estimate of drug-likeness (QED) is 0.845. The summed E-state index contributed by atoms with van der Waals surface area (Å²) in [6.07, 6.45) is 0. The summed E-state index contributed by atoms with van der Waals surface area (Å²) in [6, 6.07) is 6.05. The van der Waals surface area contributed by atoms with E-state index in [0.717, 1.165) is 22.6 Å². The Balaban J connectivity index is 2.64. The fourth-order valence-electron chi connectivity index (χ4n) is 1.43. The van der Waals surface area contributed by atoms with E-state index in [1.807, 2.05) is 39.0 Å². The van der Waals surface area contributed by atoms with Gasteiger partial charge >= 0.3 is 0 Å². The summed E-state index contributed by atoms with van der Waals surface area (Å²) >= 11 is 1.58. The molecule has 17 heavy (non-hydrogen) atoms. The molecule has 0 saturated heterocycles. The van der Waals surface area contributed by atoms with Crippen LogP contribution in [0.1, 0.15) is 18.1 Å². The van der Waals surface area contributed by atoms with Crippen LogP contribution in [-0.2, 0) is 4.79 Å². The first-order valence-corrected chi connectivity index (χ1v) is 6.79. The van der Waals surface area contributed by atoms with Gasteiger partial charge in [-0.2, -0.15) is 0 Å². The molecule has 0 fully saturated rings. The van der Waals surface area contributed by atoms with Crippen LogP contribution in [0.25, 0.3) is 0 Å². The number of carbonyl (C=O) groups is 1. The van der Waals surface area contributed by atoms with Crippen LogP contribution in [0.15, 0.2) is 18.2 Å². The van der Waals surface area contributed by atoms with Gasteiger partial charge in [0.05, 0.1) is 5.25 Å². The summed E-state index contributed by atoms with van der Waals surface area (Å²) in [5, 5.41) is 2.89. The van der Waals surface area contributed by atoms with Gasteiger partial charge in [-0.25, -0.2) is 0 Å². The summed E-state index contributed by atoms with van der Waals surface area (Å²) in [5.74, 6) is 0.846. The van der Waals surface area contributed by atoms with Gasteiger partial charge in [-0.15, -0.1) is 11.8 Å². The third-order valence-corrected chi connectivity index (χ3v) is 3.69. The van der Waals surface area contributed by atoms with Crippen molar-refractivity contribution in [1.82, 2.24) is 0 Å². The normalized spacial score (nSPS) is 12.2. The van der Waals surface area contributed by atoms with E-state index in [4.69, 9.17) is 5.73 Å². The van der Waals surface area contributed by atoms with Crippen molar-refractivity contribution >= 4 is 23.4 Å². The summed E-state index contributed by atoms with van der Waals surface area (Å²) < 4.78 is 0. The SMILES string of the molecule is Cc1ccc(C)c(NC(=O)C(C)SCCN)c1. The number of aryl methyl sites for hydroxylation is 2. The van der Waals surface area contributed by atoms with Crippen molar-refractivity contribution in [3.8, 4) is 0 Å². The molecule has 1 amide bonds. The highest BCUT2D eigenvalue weighted by molar-refractivity contribution is 8.00. The number of nitrogens with two attached hydrogens (primary N) is 1. The molecular weight excluding hydrogens is 232 g/mol. The van der Waals surface area contributed by atoms with Crippen LogP contribution in [0.4, 0.5) is 5.69 Å². The predicted molar refractivity (Wildman–Crippen MR) is 75.5 cm³/mol. The summed E-state index contributed by atoms with van der Waals surface area (Å²) in [6.45, 7) is 6.51. The molecule has 3 nitrogen and oxygen atoms in total. The van der Waals surface area contributed by atoms with Crippen LogP contribution < -0.4 is 11.1 Å². The van der Waals surface area contributed by atoms with E-state index in [0.29, 0.717) is 6.54 Å². The highest BCUT2D eigenvalue weighted by Gasteiger charge is 2.13. The maximum Gasteiger partial charge on any atom is 0.237 e. The lowest BCUT2D eigenvalue weighted by Gasteiger charge is -2.13. The Morgan fingerprint density at radius 3 is 2.82 bits per heavy atom. The third kappa shape index (κ3) is 4.40. The van der Waals surface area contributed by atoms with E-state index in [9.17, 15) is 4.79 Å². The van der Waals surface area contributed by atoms with Crippen LogP contribution >= 0.6 is 11.8 Å². The van der Waals surface area contributed by atoms with E-state index in [-0.39, 0.29) is 11.2 Å². The molecule has 1 aromatic carbocycles. The first-order valence-electron chi connectivity index (χ1n) is 5.74. The van der Waals surface area contributed by atoms with Gasteiger partial charge in [0.15, 0.2) is 0 Å². The van der Waals surface area contributed by atoms with Crippen LogP contribution in [-0.4, -0.2) is 23.5 Å². The third-order valence-electron chi connectivity index (χ3n) is 2.51. The number of hydrogen-bond donors (Lipinski definition) is 2. The molecule has 0 radical (unpaired) electrons. The summed E-state index contributed by atoms with van der Waals surface area (Å²) in [5.41, 5.74) is 8.55. The number of hydrogen-bond acceptors (Lipinski definition) is 3. The lowest BCUT2D eigenvalue weighted by molar-refractivity contribution is -0.115. The van der Waals surface area contributed by atoms with Gasteiger partial charge in [-0.3, -0.25) is 4.79 Å². The summed E-state index contributed by atoms with van der Waals surface area (Å²) in [7, 11) is 0. The number of rotatable bonds is 5. The Morgan fingerprint density at radius 1 is 1.47 bits per heavy atom. The first-order chi connectivity index (χ1) is 8.04. The lowest BCUT2D eigenvalue weighted by Crippen LogP contribution is -2.24. The van der Waals surface area contributed by atoms with Crippen molar-refractivity contribution < 1.29 is 4.79 Å². The summed E-state index contributed by atoms with van der Waals surface area (Å²) in [4.78, 5) is 11.9. The molecular formula is C13H20N2OS. The van der Waals surface area contributed by atoms with Gasteiger partial charge in [-0.05, 0) is 38.0 Å². The van der Waals surface area contributed by atoms with Crippen molar-refractivity contribution in [3.63, 3.8) is 0 Å². The van der Waals surface area contributed by atoms with Gasteiger partial charge in [0.25, 0.3) is 0 Å². The molecule has 1 atom stereocenters. The molecule has 0 aliphatic carbocycles. The Kier molecular flexibility index (Phi) is 5.51. The average Bonchev–Trinajstić information content (AvgIpc) is 2.30. The minimum Gasteiger partial charge on any atom is -0.330 e. The largest absolute Gasteiger partial charge is 0.330 e. The molecule has 0 saturated carbocycles. The molecule has 94 valence electrons. The zero-order valence-corrected chi connectivity index (χ0v) is 11.4. The van der Waals surface area contributed by atoms with Gasteiger partial charge in [0.1, 0.15) is 0 Å². The molecule has 0 heterocycles. The monoisotopic (exact) mass is 252 g/mol. The zero-order chi connectivity index (χ0) is 12.8. The van der Waals surface area contributed by atoms with Gasteiger partial charge in [0.2, 0.25) is 5.91 Å². The topological polar surface area (TPSA) is 55.1 Å². The van der Waals surface area contributed by atoms with E-state index in [2.05, 4.69) is 5.32 Å². The Bertz CT molecular complexity index is 393. The first kappa shape index (κ1) is 14.1. The minimum atomic E-state index is -0.0709. The molecule has 1 rings (SSSR count). The number of thioether (sulfide) groups is 1. The average molecular weight is 252 g/mol. The Hall–Kier alpha value is -1.00. The molecule has 0 aliphatic rings. The second-order valence-electron chi connectivity index (χ2n) is 4.11. The second-order valence-corrected chi connectivity index (χ2v) is 5.56.